The third-order valence-corrected chi connectivity index (χ3v) is 2.68. The largest absolute Gasteiger partial charge is 0.416 e. The maximum Gasteiger partial charge on any atom is 0.416 e. The van der Waals surface area contributed by atoms with E-state index in [-0.39, 0.29) is 12.2 Å². The zero-order valence-electron chi connectivity index (χ0n) is 10.6. The van der Waals surface area contributed by atoms with Gasteiger partial charge in [0.1, 0.15) is 5.69 Å². The lowest BCUT2D eigenvalue weighted by atomic mass is 10.1. The number of hydrogen-bond donors (Lipinski definition) is 1. The molecule has 0 fully saturated rings. The van der Waals surface area contributed by atoms with Crippen LogP contribution in [0.5, 0.6) is 0 Å². The zero-order valence-corrected chi connectivity index (χ0v) is 10.6. The first kappa shape index (κ1) is 15.0. The molecule has 0 bridgehead atoms. The molecule has 0 unspecified atom stereocenters. The molecule has 110 valence electrons. The number of alkyl halides is 3. The van der Waals surface area contributed by atoms with E-state index in [2.05, 4.69) is 10.3 Å². The molecule has 21 heavy (non-hydrogen) atoms. The number of hydrogen-bond acceptors (Lipinski definition) is 2. The summed E-state index contributed by atoms with van der Waals surface area (Å²) in [5.41, 5.74) is -0.362. The van der Waals surface area contributed by atoms with Crippen molar-refractivity contribution in [3.05, 3.63) is 65.2 Å². The van der Waals surface area contributed by atoms with E-state index in [1.165, 1.54) is 24.3 Å². The first-order chi connectivity index (χ1) is 9.86. The van der Waals surface area contributed by atoms with Gasteiger partial charge < -0.3 is 5.32 Å². The molecule has 0 saturated carbocycles. The molecule has 1 heterocycles. The minimum atomic E-state index is -4.40. The molecule has 1 amide bonds. The fraction of sp³-hybridized carbons (Fsp3) is 0.143. The molecule has 2 aromatic rings. The highest BCUT2D eigenvalue weighted by atomic mass is 19.4. The van der Waals surface area contributed by atoms with Crippen molar-refractivity contribution in [1.82, 2.24) is 10.3 Å². The van der Waals surface area contributed by atoms with Gasteiger partial charge in [-0.3, -0.25) is 4.79 Å². The molecular formula is C14H10F4N2O. The van der Waals surface area contributed by atoms with Gasteiger partial charge in [-0.2, -0.15) is 17.6 Å². The number of pyridine rings is 1. The lowest BCUT2D eigenvalue weighted by molar-refractivity contribution is -0.137. The van der Waals surface area contributed by atoms with Crippen molar-refractivity contribution >= 4 is 5.91 Å². The molecule has 0 aliphatic rings. The minimum absolute atomic E-state index is 0.0230. The van der Waals surface area contributed by atoms with Gasteiger partial charge in [0.15, 0.2) is 0 Å². The van der Waals surface area contributed by atoms with E-state index in [9.17, 15) is 22.4 Å². The number of amides is 1. The van der Waals surface area contributed by atoms with Gasteiger partial charge >= 0.3 is 6.18 Å². The lowest BCUT2D eigenvalue weighted by Gasteiger charge is -2.08. The molecule has 2 rings (SSSR count). The van der Waals surface area contributed by atoms with Crippen LogP contribution in [0.3, 0.4) is 0 Å². The normalized spacial score (nSPS) is 11.2. The van der Waals surface area contributed by atoms with Crippen LogP contribution in [0.25, 0.3) is 0 Å². The van der Waals surface area contributed by atoms with Crippen LogP contribution in [0.4, 0.5) is 17.6 Å². The summed E-state index contributed by atoms with van der Waals surface area (Å²) >= 11 is 0. The van der Waals surface area contributed by atoms with Crippen LogP contribution in [0.1, 0.15) is 21.6 Å². The molecule has 1 N–H and O–H groups in total. The van der Waals surface area contributed by atoms with Crippen LogP contribution in [0.15, 0.2) is 42.5 Å². The summed E-state index contributed by atoms with van der Waals surface area (Å²) in [5, 5.41) is 2.45. The number of benzene rings is 1. The third-order valence-electron chi connectivity index (χ3n) is 2.68. The average Bonchev–Trinajstić information content (AvgIpc) is 2.44. The Hall–Kier alpha value is -2.44. The second-order valence-corrected chi connectivity index (χ2v) is 4.22. The molecule has 0 atom stereocenters. The molecule has 7 heteroatoms. The first-order valence-electron chi connectivity index (χ1n) is 5.93. The Balaban J connectivity index is 1.98. The van der Waals surface area contributed by atoms with E-state index in [0.29, 0.717) is 5.56 Å². The lowest BCUT2D eigenvalue weighted by Crippen LogP contribution is -2.24. The van der Waals surface area contributed by atoms with Crippen molar-refractivity contribution in [2.24, 2.45) is 0 Å². The van der Waals surface area contributed by atoms with Crippen LogP contribution in [0.2, 0.25) is 0 Å². The fourth-order valence-corrected chi connectivity index (χ4v) is 1.62. The number of carbonyl (C=O) groups is 1. The predicted molar refractivity (Wildman–Crippen MR) is 66.8 cm³/mol. The van der Waals surface area contributed by atoms with Gasteiger partial charge in [-0.05, 0) is 29.8 Å². The van der Waals surface area contributed by atoms with E-state index < -0.39 is 23.6 Å². The summed E-state index contributed by atoms with van der Waals surface area (Å²) in [5.74, 6) is -1.38. The highest BCUT2D eigenvalue weighted by molar-refractivity contribution is 5.92. The van der Waals surface area contributed by atoms with Gasteiger partial charge in [-0.25, -0.2) is 4.98 Å². The number of rotatable bonds is 3. The highest BCUT2D eigenvalue weighted by Gasteiger charge is 2.29. The van der Waals surface area contributed by atoms with E-state index in [1.807, 2.05) is 0 Å². The molecule has 0 saturated heterocycles. The number of nitrogens with zero attached hydrogens (tertiary/aromatic N) is 1. The Morgan fingerprint density at radius 2 is 1.76 bits per heavy atom. The molecule has 3 nitrogen and oxygen atoms in total. The van der Waals surface area contributed by atoms with Crippen LogP contribution < -0.4 is 5.32 Å². The summed E-state index contributed by atoms with van der Waals surface area (Å²) in [6.45, 7) is 0.0230. The van der Waals surface area contributed by atoms with Crippen molar-refractivity contribution in [3.8, 4) is 0 Å². The smallest absolute Gasteiger partial charge is 0.347 e. The van der Waals surface area contributed by atoms with Crippen molar-refractivity contribution in [3.63, 3.8) is 0 Å². The number of halogens is 4. The summed E-state index contributed by atoms with van der Waals surface area (Å²) in [6, 6.07) is 8.18. The van der Waals surface area contributed by atoms with E-state index in [0.717, 1.165) is 18.2 Å². The second kappa shape index (κ2) is 5.90. The molecule has 0 aliphatic heterocycles. The minimum Gasteiger partial charge on any atom is -0.347 e. The molecule has 0 aliphatic carbocycles. The van der Waals surface area contributed by atoms with Gasteiger partial charge in [-0.1, -0.05) is 18.2 Å². The Morgan fingerprint density at radius 3 is 2.33 bits per heavy atom. The standard InChI is InChI=1S/C14H10F4N2O/c15-12-3-1-2-11(20-12)13(21)19-8-9-4-6-10(7-5-9)14(16,17)18/h1-7H,8H2,(H,19,21). The third kappa shape index (κ3) is 4.01. The van der Waals surface area contributed by atoms with Gasteiger partial charge in [0, 0.05) is 6.54 Å². The van der Waals surface area contributed by atoms with Gasteiger partial charge in [-0.15, -0.1) is 0 Å². The van der Waals surface area contributed by atoms with Crippen molar-refractivity contribution in [2.75, 3.05) is 0 Å². The number of carbonyl (C=O) groups excluding carboxylic acids is 1. The molecule has 1 aromatic carbocycles. The fourth-order valence-electron chi connectivity index (χ4n) is 1.62. The summed E-state index contributed by atoms with van der Waals surface area (Å²) in [7, 11) is 0. The van der Waals surface area contributed by atoms with E-state index in [1.54, 1.807) is 0 Å². The van der Waals surface area contributed by atoms with Gasteiger partial charge in [0.25, 0.3) is 5.91 Å². The Kier molecular flexibility index (Phi) is 4.21. The quantitative estimate of drug-likeness (QED) is 0.698. The molecule has 1 aromatic heterocycles. The topological polar surface area (TPSA) is 42.0 Å². The van der Waals surface area contributed by atoms with Crippen LogP contribution >= 0.6 is 0 Å². The van der Waals surface area contributed by atoms with Crippen molar-refractivity contribution < 1.29 is 22.4 Å². The monoisotopic (exact) mass is 298 g/mol. The van der Waals surface area contributed by atoms with Crippen LogP contribution in [0, 0.1) is 5.95 Å². The number of aromatic nitrogens is 1. The first-order valence-corrected chi connectivity index (χ1v) is 5.93. The predicted octanol–water partition coefficient (Wildman–Crippen LogP) is 3.17. The Bertz CT molecular complexity index is 638. The average molecular weight is 298 g/mol. The van der Waals surface area contributed by atoms with Gasteiger partial charge in [0.05, 0.1) is 5.56 Å². The zero-order chi connectivity index (χ0) is 15.5. The Morgan fingerprint density at radius 1 is 1.10 bits per heavy atom. The summed E-state index contributed by atoms with van der Waals surface area (Å²) in [6.07, 6.45) is -4.40. The van der Waals surface area contributed by atoms with Crippen LogP contribution in [-0.2, 0) is 12.7 Å². The Labute approximate surface area is 117 Å². The maximum atomic E-state index is 12.8. The van der Waals surface area contributed by atoms with E-state index in [4.69, 9.17) is 0 Å². The van der Waals surface area contributed by atoms with E-state index >= 15 is 0 Å². The summed E-state index contributed by atoms with van der Waals surface area (Å²) < 4.78 is 50.0. The van der Waals surface area contributed by atoms with Crippen molar-refractivity contribution in [2.45, 2.75) is 12.7 Å². The maximum absolute atomic E-state index is 12.8. The second-order valence-electron chi connectivity index (χ2n) is 4.22. The van der Waals surface area contributed by atoms with Crippen molar-refractivity contribution in [1.29, 1.82) is 0 Å². The summed E-state index contributed by atoms with van der Waals surface area (Å²) in [4.78, 5) is 15.1. The SMILES string of the molecule is O=C(NCc1ccc(C(F)(F)F)cc1)c1cccc(F)n1. The highest BCUT2D eigenvalue weighted by Crippen LogP contribution is 2.29. The molecular weight excluding hydrogens is 288 g/mol. The molecule has 0 radical (unpaired) electrons. The van der Waals surface area contributed by atoms with Gasteiger partial charge in [0.2, 0.25) is 5.95 Å². The molecule has 0 spiro atoms. The van der Waals surface area contributed by atoms with Crippen LogP contribution in [-0.4, -0.2) is 10.9 Å². The number of nitrogens with one attached hydrogen (secondary N) is 1.